The van der Waals surface area contributed by atoms with Crippen LogP contribution in [0.1, 0.15) is 26.7 Å². The molecule has 0 spiro atoms. The first-order chi connectivity index (χ1) is 6.47. The van der Waals surface area contributed by atoms with Crippen LogP contribution in [0.2, 0.25) is 0 Å². The van der Waals surface area contributed by atoms with Crippen LogP contribution in [0.15, 0.2) is 0 Å². The van der Waals surface area contributed by atoms with Gasteiger partial charge in [0.25, 0.3) is 0 Å². The number of nitrogens with two attached hydrogens (primary N) is 1. The Kier molecular flexibility index (Phi) is 5.87. The lowest BCUT2D eigenvalue weighted by Crippen LogP contribution is -2.34. The van der Waals surface area contributed by atoms with Gasteiger partial charge in [-0.3, -0.25) is 14.8 Å². The van der Waals surface area contributed by atoms with Gasteiger partial charge in [0, 0.05) is 0 Å². The van der Waals surface area contributed by atoms with E-state index >= 15 is 0 Å². The molecule has 0 aliphatic rings. The van der Waals surface area contributed by atoms with Gasteiger partial charge in [-0.1, -0.05) is 20.3 Å². The molecule has 14 heavy (non-hydrogen) atoms. The minimum Gasteiger partial charge on any atom is -0.369 e. The first kappa shape index (κ1) is 12.9. The third kappa shape index (κ3) is 5.53. The minimum absolute atomic E-state index is 0.0223. The van der Waals surface area contributed by atoms with E-state index in [9.17, 15) is 9.59 Å². The van der Waals surface area contributed by atoms with Gasteiger partial charge in [-0.2, -0.15) is 0 Å². The number of rotatable bonds is 7. The van der Waals surface area contributed by atoms with E-state index in [1.165, 1.54) is 0 Å². The molecule has 0 saturated carbocycles. The van der Waals surface area contributed by atoms with E-state index in [1.807, 2.05) is 13.8 Å². The number of carbonyl (C=O) groups is 2. The molecular weight excluding hydrogens is 184 g/mol. The van der Waals surface area contributed by atoms with Gasteiger partial charge in [-0.15, -0.1) is 0 Å². The highest BCUT2D eigenvalue weighted by molar-refractivity contribution is 5.77. The molecule has 3 N–H and O–H groups in total. The first-order valence-corrected chi connectivity index (χ1v) is 4.67. The summed E-state index contributed by atoms with van der Waals surface area (Å²) in [6.07, 6.45) is 1.71. The van der Waals surface area contributed by atoms with Crippen LogP contribution < -0.4 is 5.73 Å². The van der Waals surface area contributed by atoms with Crippen LogP contribution in [0.5, 0.6) is 0 Å². The Hall–Kier alpha value is -1.10. The maximum absolute atomic E-state index is 10.9. The number of hydrogen-bond donors (Lipinski definition) is 2. The number of primary amides is 1. The topological polar surface area (TPSA) is 83.6 Å². The van der Waals surface area contributed by atoms with Crippen molar-refractivity contribution in [1.82, 2.24) is 5.06 Å². The van der Waals surface area contributed by atoms with Crippen LogP contribution in [0.4, 0.5) is 0 Å². The highest BCUT2D eigenvalue weighted by Crippen LogP contribution is 2.12. The van der Waals surface area contributed by atoms with Crippen molar-refractivity contribution >= 4 is 12.3 Å². The lowest BCUT2D eigenvalue weighted by atomic mass is 9.97. The Balaban J connectivity index is 4.02. The number of hydrogen-bond acceptors (Lipinski definition) is 3. The van der Waals surface area contributed by atoms with Gasteiger partial charge in [-0.05, 0) is 12.3 Å². The van der Waals surface area contributed by atoms with Gasteiger partial charge in [0.1, 0.15) is 0 Å². The molecule has 82 valence electrons. The van der Waals surface area contributed by atoms with E-state index in [4.69, 9.17) is 10.9 Å². The van der Waals surface area contributed by atoms with E-state index in [0.717, 1.165) is 6.42 Å². The number of amides is 2. The quantitative estimate of drug-likeness (QED) is 0.355. The Morgan fingerprint density at radius 1 is 1.50 bits per heavy atom. The number of carbonyl (C=O) groups excluding carboxylic acids is 2. The van der Waals surface area contributed by atoms with Crippen LogP contribution in [0, 0.1) is 11.8 Å². The molecule has 2 amide bonds. The summed E-state index contributed by atoms with van der Waals surface area (Å²) in [6.45, 7) is 4.05. The molecule has 0 aliphatic heterocycles. The fraction of sp³-hybridized carbons (Fsp3) is 0.778. The molecule has 1 unspecified atom stereocenters. The predicted octanol–water partition coefficient (Wildman–Crippen LogP) is 0.372. The number of nitrogens with zero attached hydrogens (tertiary/aromatic N) is 1. The smallest absolute Gasteiger partial charge is 0.233 e. The Morgan fingerprint density at radius 3 is 2.43 bits per heavy atom. The average molecular weight is 202 g/mol. The van der Waals surface area contributed by atoms with Crippen molar-refractivity contribution in [3.63, 3.8) is 0 Å². The summed E-state index contributed by atoms with van der Waals surface area (Å²) >= 11 is 0. The van der Waals surface area contributed by atoms with E-state index < -0.39 is 11.8 Å². The molecule has 0 aliphatic carbocycles. The SMILES string of the molecule is CC(C)CCC(CN(O)C=O)C(N)=O. The van der Waals surface area contributed by atoms with Crippen molar-refractivity contribution < 1.29 is 14.8 Å². The first-order valence-electron chi connectivity index (χ1n) is 4.67. The largest absolute Gasteiger partial charge is 0.369 e. The van der Waals surface area contributed by atoms with E-state index in [-0.39, 0.29) is 13.0 Å². The van der Waals surface area contributed by atoms with Gasteiger partial charge >= 0.3 is 0 Å². The second-order valence-electron chi connectivity index (χ2n) is 3.80. The summed E-state index contributed by atoms with van der Waals surface area (Å²) in [7, 11) is 0. The lowest BCUT2D eigenvalue weighted by Gasteiger charge is -2.17. The van der Waals surface area contributed by atoms with Crippen molar-refractivity contribution in [2.75, 3.05) is 6.54 Å². The van der Waals surface area contributed by atoms with Crippen LogP contribution in [-0.2, 0) is 9.59 Å². The number of hydroxylamine groups is 2. The van der Waals surface area contributed by atoms with Crippen molar-refractivity contribution in [1.29, 1.82) is 0 Å². The maximum atomic E-state index is 10.9. The molecule has 0 aromatic carbocycles. The summed E-state index contributed by atoms with van der Waals surface area (Å²) in [5.41, 5.74) is 5.13. The molecule has 0 aromatic heterocycles. The average Bonchev–Trinajstić information content (AvgIpc) is 2.10. The minimum atomic E-state index is -0.480. The zero-order chi connectivity index (χ0) is 11.1. The van der Waals surface area contributed by atoms with Gasteiger partial charge in [0.15, 0.2) is 0 Å². The van der Waals surface area contributed by atoms with Crippen molar-refractivity contribution in [3.05, 3.63) is 0 Å². The summed E-state index contributed by atoms with van der Waals surface area (Å²) < 4.78 is 0. The van der Waals surface area contributed by atoms with Gasteiger partial charge in [-0.25, -0.2) is 5.06 Å². The van der Waals surface area contributed by atoms with Crippen LogP contribution in [0.25, 0.3) is 0 Å². The van der Waals surface area contributed by atoms with Gasteiger partial charge in [0.05, 0.1) is 12.5 Å². The van der Waals surface area contributed by atoms with Gasteiger partial charge in [0.2, 0.25) is 12.3 Å². The summed E-state index contributed by atoms with van der Waals surface area (Å²) in [5.74, 6) is -0.473. The zero-order valence-electron chi connectivity index (χ0n) is 8.64. The van der Waals surface area contributed by atoms with Crippen LogP contribution in [-0.4, -0.2) is 29.1 Å². The van der Waals surface area contributed by atoms with E-state index in [2.05, 4.69) is 0 Å². The fourth-order valence-electron chi connectivity index (χ4n) is 1.13. The Bertz CT molecular complexity index is 194. The van der Waals surface area contributed by atoms with Crippen LogP contribution in [0.3, 0.4) is 0 Å². The summed E-state index contributed by atoms with van der Waals surface area (Å²) in [6, 6.07) is 0. The van der Waals surface area contributed by atoms with Crippen molar-refractivity contribution in [3.8, 4) is 0 Å². The molecular formula is C9H18N2O3. The zero-order valence-corrected chi connectivity index (χ0v) is 8.64. The molecule has 0 heterocycles. The van der Waals surface area contributed by atoms with Crippen molar-refractivity contribution in [2.45, 2.75) is 26.7 Å². The predicted molar refractivity (Wildman–Crippen MR) is 51.3 cm³/mol. The lowest BCUT2D eigenvalue weighted by molar-refractivity contribution is -0.154. The normalized spacial score (nSPS) is 12.6. The molecule has 1 atom stereocenters. The standard InChI is InChI=1S/C9H18N2O3/c1-7(2)3-4-8(9(10)13)5-11(14)6-12/h6-8,14H,3-5H2,1-2H3,(H2,10,13). The van der Waals surface area contributed by atoms with Crippen molar-refractivity contribution in [2.24, 2.45) is 17.6 Å². The third-order valence-electron chi connectivity index (χ3n) is 2.02. The Labute approximate surface area is 83.8 Å². The second-order valence-corrected chi connectivity index (χ2v) is 3.80. The highest BCUT2D eigenvalue weighted by Gasteiger charge is 2.18. The van der Waals surface area contributed by atoms with Crippen LogP contribution >= 0.6 is 0 Å². The maximum Gasteiger partial charge on any atom is 0.233 e. The highest BCUT2D eigenvalue weighted by atomic mass is 16.5. The molecule has 0 bridgehead atoms. The summed E-state index contributed by atoms with van der Waals surface area (Å²) in [5, 5.41) is 9.35. The second kappa shape index (κ2) is 6.37. The molecule has 0 radical (unpaired) electrons. The van der Waals surface area contributed by atoms with E-state index in [0.29, 0.717) is 17.4 Å². The van der Waals surface area contributed by atoms with E-state index in [1.54, 1.807) is 0 Å². The monoisotopic (exact) mass is 202 g/mol. The molecule has 0 fully saturated rings. The molecule has 5 heteroatoms. The molecule has 0 saturated heterocycles. The fourth-order valence-corrected chi connectivity index (χ4v) is 1.13. The summed E-state index contributed by atoms with van der Waals surface area (Å²) in [4.78, 5) is 21.1. The third-order valence-corrected chi connectivity index (χ3v) is 2.02. The molecule has 0 aromatic rings. The molecule has 0 rings (SSSR count). The van der Waals surface area contributed by atoms with Gasteiger partial charge < -0.3 is 5.73 Å². The Morgan fingerprint density at radius 2 is 2.07 bits per heavy atom. The molecule has 5 nitrogen and oxygen atoms in total.